The Morgan fingerprint density at radius 1 is 1.48 bits per heavy atom. The van der Waals surface area contributed by atoms with Crippen molar-refractivity contribution < 1.29 is 17.9 Å². The van der Waals surface area contributed by atoms with Gasteiger partial charge in [-0.3, -0.25) is 0 Å². The molecule has 2 rings (SSSR count). The van der Waals surface area contributed by atoms with Crippen molar-refractivity contribution in [2.24, 2.45) is 5.92 Å². The molecule has 0 aliphatic carbocycles. The first-order valence-corrected chi connectivity index (χ1v) is 9.76. The molecule has 1 atom stereocenters. The van der Waals surface area contributed by atoms with Crippen LogP contribution in [0, 0.1) is 17.2 Å². The number of amides is 2. The number of hydrogen-bond donors (Lipinski definition) is 2. The van der Waals surface area contributed by atoms with E-state index in [4.69, 9.17) is 10.00 Å². The highest BCUT2D eigenvalue weighted by Crippen LogP contribution is 2.22. The molecule has 136 valence electrons. The third kappa shape index (κ3) is 5.34. The summed E-state index contributed by atoms with van der Waals surface area (Å²) in [5, 5.41) is 14.5. The standard InChI is InChI=1S/C16H22N4O4S/c1-24-15-6-5-14(8-13(15)9-17)19-16(21)18-10-12-4-3-7-20(11-12)25(2,22)23/h5-6,8,12H,3-4,7,10-11H2,1-2H3,(H2,18,19,21). The van der Waals surface area contributed by atoms with Crippen LogP contribution in [-0.2, 0) is 10.0 Å². The van der Waals surface area contributed by atoms with Gasteiger partial charge < -0.3 is 15.4 Å². The molecular weight excluding hydrogens is 344 g/mol. The zero-order valence-electron chi connectivity index (χ0n) is 14.3. The van der Waals surface area contributed by atoms with Gasteiger partial charge in [-0.15, -0.1) is 0 Å². The number of hydrogen-bond acceptors (Lipinski definition) is 5. The van der Waals surface area contributed by atoms with Crippen LogP contribution in [0.2, 0.25) is 0 Å². The van der Waals surface area contributed by atoms with Crippen LogP contribution in [0.15, 0.2) is 18.2 Å². The zero-order valence-corrected chi connectivity index (χ0v) is 15.1. The number of anilines is 1. The van der Waals surface area contributed by atoms with Gasteiger partial charge in [0.15, 0.2) is 0 Å². The highest BCUT2D eigenvalue weighted by atomic mass is 32.2. The van der Waals surface area contributed by atoms with Gasteiger partial charge in [-0.25, -0.2) is 17.5 Å². The molecule has 1 aliphatic heterocycles. The molecule has 9 heteroatoms. The maximum absolute atomic E-state index is 12.0. The third-order valence-electron chi connectivity index (χ3n) is 4.08. The predicted octanol–water partition coefficient (Wildman–Crippen LogP) is 1.36. The third-order valence-corrected chi connectivity index (χ3v) is 5.35. The Hall–Kier alpha value is -2.31. The topological polar surface area (TPSA) is 112 Å². The Balaban J connectivity index is 1.88. The Morgan fingerprint density at radius 3 is 2.88 bits per heavy atom. The van der Waals surface area contributed by atoms with E-state index < -0.39 is 16.1 Å². The summed E-state index contributed by atoms with van der Waals surface area (Å²) in [6.45, 7) is 1.34. The van der Waals surface area contributed by atoms with Crippen LogP contribution in [0.5, 0.6) is 5.75 Å². The van der Waals surface area contributed by atoms with Gasteiger partial charge in [0.2, 0.25) is 10.0 Å². The lowest BCUT2D eigenvalue weighted by Crippen LogP contribution is -2.43. The minimum atomic E-state index is -3.20. The molecule has 2 N–H and O–H groups in total. The van der Waals surface area contributed by atoms with Crippen LogP contribution in [0.1, 0.15) is 18.4 Å². The van der Waals surface area contributed by atoms with Crippen LogP contribution in [-0.4, -0.2) is 51.8 Å². The van der Waals surface area contributed by atoms with Crippen molar-refractivity contribution in [1.29, 1.82) is 5.26 Å². The van der Waals surface area contributed by atoms with Gasteiger partial charge in [0.1, 0.15) is 11.8 Å². The SMILES string of the molecule is COc1ccc(NC(=O)NCC2CCCN(S(C)(=O)=O)C2)cc1C#N. The van der Waals surface area contributed by atoms with E-state index in [0.29, 0.717) is 36.6 Å². The van der Waals surface area contributed by atoms with Gasteiger partial charge in [-0.1, -0.05) is 0 Å². The van der Waals surface area contributed by atoms with Gasteiger partial charge in [-0.05, 0) is 37.0 Å². The number of nitrogens with one attached hydrogen (secondary N) is 2. The fourth-order valence-electron chi connectivity index (χ4n) is 2.78. The van der Waals surface area contributed by atoms with Crippen molar-refractivity contribution >= 4 is 21.7 Å². The highest BCUT2D eigenvalue weighted by Gasteiger charge is 2.26. The fraction of sp³-hybridized carbons (Fsp3) is 0.500. The minimum Gasteiger partial charge on any atom is -0.495 e. The summed E-state index contributed by atoms with van der Waals surface area (Å²) in [5.74, 6) is 0.524. The number of ether oxygens (including phenoxy) is 1. The summed E-state index contributed by atoms with van der Waals surface area (Å²) < 4.78 is 29.7. The zero-order chi connectivity index (χ0) is 18.4. The predicted molar refractivity (Wildman–Crippen MR) is 93.9 cm³/mol. The largest absolute Gasteiger partial charge is 0.495 e. The number of rotatable bonds is 5. The first kappa shape index (κ1) is 19.0. The number of methoxy groups -OCH3 is 1. The Labute approximate surface area is 147 Å². The van der Waals surface area contributed by atoms with Gasteiger partial charge in [0, 0.05) is 25.3 Å². The molecule has 0 saturated carbocycles. The number of benzene rings is 1. The first-order valence-electron chi connectivity index (χ1n) is 7.91. The molecule has 1 saturated heterocycles. The molecule has 0 aromatic heterocycles. The monoisotopic (exact) mass is 366 g/mol. The average molecular weight is 366 g/mol. The highest BCUT2D eigenvalue weighted by molar-refractivity contribution is 7.88. The molecular formula is C16H22N4O4S. The fourth-order valence-corrected chi connectivity index (χ4v) is 3.72. The Bertz CT molecular complexity index is 773. The Kier molecular flexibility index (Phi) is 6.22. The molecule has 1 aromatic carbocycles. The molecule has 0 bridgehead atoms. The van der Waals surface area contributed by atoms with Crippen LogP contribution in [0.25, 0.3) is 0 Å². The molecule has 8 nitrogen and oxygen atoms in total. The quantitative estimate of drug-likeness (QED) is 0.817. The second kappa shape index (κ2) is 8.18. The molecule has 1 aromatic rings. The summed E-state index contributed by atoms with van der Waals surface area (Å²) in [7, 11) is -1.73. The number of piperidine rings is 1. The van der Waals surface area contributed by atoms with Crippen molar-refractivity contribution in [3.63, 3.8) is 0 Å². The normalized spacial score (nSPS) is 18.2. The number of carbonyl (C=O) groups is 1. The molecule has 25 heavy (non-hydrogen) atoms. The maximum atomic E-state index is 12.0. The number of sulfonamides is 1. The van der Waals surface area contributed by atoms with E-state index in [-0.39, 0.29) is 5.92 Å². The number of nitriles is 1. The van der Waals surface area contributed by atoms with Gasteiger partial charge in [0.05, 0.1) is 18.9 Å². The van der Waals surface area contributed by atoms with Crippen molar-refractivity contribution in [1.82, 2.24) is 9.62 Å². The molecule has 1 heterocycles. The van der Waals surface area contributed by atoms with E-state index >= 15 is 0 Å². The van der Waals surface area contributed by atoms with Crippen LogP contribution >= 0.6 is 0 Å². The van der Waals surface area contributed by atoms with Crippen LogP contribution < -0.4 is 15.4 Å². The number of carbonyl (C=O) groups excluding carboxylic acids is 1. The van der Waals surface area contributed by atoms with Gasteiger partial charge >= 0.3 is 6.03 Å². The summed E-state index contributed by atoms with van der Waals surface area (Å²) in [5.41, 5.74) is 0.813. The Morgan fingerprint density at radius 2 is 2.24 bits per heavy atom. The molecule has 1 aliphatic rings. The van der Waals surface area contributed by atoms with E-state index in [1.54, 1.807) is 12.1 Å². The van der Waals surface area contributed by atoms with E-state index in [9.17, 15) is 13.2 Å². The summed E-state index contributed by atoms with van der Waals surface area (Å²) in [6, 6.07) is 6.39. The number of urea groups is 1. The summed E-state index contributed by atoms with van der Waals surface area (Å²) in [4.78, 5) is 12.0. The lowest BCUT2D eigenvalue weighted by molar-refractivity contribution is 0.239. The molecule has 2 amide bonds. The minimum absolute atomic E-state index is 0.0831. The smallest absolute Gasteiger partial charge is 0.319 e. The molecule has 0 radical (unpaired) electrons. The van der Waals surface area contributed by atoms with E-state index in [1.165, 1.54) is 23.7 Å². The van der Waals surface area contributed by atoms with E-state index in [2.05, 4.69) is 10.6 Å². The summed E-state index contributed by atoms with van der Waals surface area (Å²) >= 11 is 0. The van der Waals surface area contributed by atoms with Crippen LogP contribution in [0.4, 0.5) is 10.5 Å². The average Bonchev–Trinajstić information content (AvgIpc) is 2.59. The lowest BCUT2D eigenvalue weighted by atomic mass is 10.00. The van der Waals surface area contributed by atoms with E-state index in [1.807, 2.05) is 6.07 Å². The van der Waals surface area contributed by atoms with Gasteiger partial charge in [-0.2, -0.15) is 5.26 Å². The number of nitrogens with zero attached hydrogens (tertiary/aromatic N) is 2. The summed E-state index contributed by atoms with van der Waals surface area (Å²) in [6.07, 6.45) is 2.85. The first-order chi connectivity index (χ1) is 11.8. The molecule has 1 unspecified atom stereocenters. The van der Waals surface area contributed by atoms with Crippen molar-refractivity contribution in [2.75, 3.05) is 38.3 Å². The van der Waals surface area contributed by atoms with Crippen molar-refractivity contribution in [3.05, 3.63) is 23.8 Å². The maximum Gasteiger partial charge on any atom is 0.319 e. The molecule has 0 spiro atoms. The van der Waals surface area contributed by atoms with Crippen molar-refractivity contribution in [3.8, 4) is 11.8 Å². The second-order valence-corrected chi connectivity index (χ2v) is 7.97. The van der Waals surface area contributed by atoms with Crippen LogP contribution in [0.3, 0.4) is 0 Å². The van der Waals surface area contributed by atoms with Crippen molar-refractivity contribution in [2.45, 2.75) is 12.8 Å². The lowest BCUT2D eigenvalue weighted by Gasteiger charge is -2.30. The van der Waals surface area contributed by atoms with E-state index in [0.717, 1.165) is 12.8 Å². The molecule has 1 fully saturated rings. The van der Waals surface area contributed by atoms with Gasteiger partial charge in [0.25, 0.3) is 0 Å². The second-order valence-electron chi connectivity index (χ2n) is 5.99.